The van der Waals surface area contributed by atoms with Crippen molar-refractivity contribution in [3.05, 3.63) is 54.9 Å². The second-order valence-electron chi connectivity index (χ2n) is 7.18. The number of aromatic nitrogens is 7. The lowest BCUT2D eigenvalue weighted by Gasteiger charge is -2.10. The molecule has 5 aromatic heterocycles. The molecule has 0 bridgehead atoms. The Morgan fingerprint density at radius 1 is 1.03 bits per heavy atom. The Morgan fingerprint density at radius 3 is 2.66 bits per heavy atom. The summed E-state index contributed by atoms with van der Waals surface area (Å²) in [7, 11) is 0. The highest BCUT2D eigenvalue weighted by Crippen LogP contribution is 2.29. The minimum atomic E-state index is 0.288. The molecule has 5 heterocycles. The van der Waals surface area contributed by atoms with E-state index in [9.17, 15) is 0 Å². The lowest BCUT2D eigenvalue weighted by molar-refractivity contribution is 0.595. The van der Waals surface area contributed by atoms with Crippen LogP contribution in [0.4, 0.5) is 11.6 Å². The number of imidazole rings is 1. The lowest BCUT2D eigenvalue weighted by Crippen LogP contribution is -2.04. The second-order valence-corrected chi connectivity index (χ2v) is 7.18. The number of aromatic amines is 1. The van der Waals surface area contributed by atoms with Crippen molar-refractivity contribution in [2.45, 2.75) is 26.8 Å². The van der Waals surface area contributed by atoms with Crippen LogP contribution in [-0.2, 0) is 0 Å². The van der Waals surface area contributed by atoms with Crippen LogP contribution in [0.2, 0.25) is 0 Å². The number of anilines is 2. The number of fused-ring (bicyclic) bond motifs is 2. The molecule has 8 nitrogen and oxygen atoms in total. The maximum atomic E-state index is 4.90. The van der Waals surface area contributed by atoms with Crippen LogP contribution < -0.4 is 5.32 Å². The van der Waals surface area contributed by atoms with Crippen LogP contribution in [0.15, 0.2) is 49.1 Å². The fraction of sp³-hybridized carbons (Fsp3) is 0.190. The van der Waals surface area contributed by atoms with E-state index in [1.165, 1.54) is 0 Å². The first-order chi connectivity index (χ1) is 14.1. The zero-order valence-corrected chi connectivity index (χ0v) is 16.4. The Hall–Kier alpha value is -3.81. The van der Waals surface area contributed by atoms with Gasteiger partial charge in [-0.25, -0.2) is 15.0 Å². The third-order valence-electron chi connectivity index (χ3n) is 4.87. The summed E-state index contributed by atoms with van der Waals surface area (Å²) in [5.74, 6) is 1.49. The van der Waals surface area contributed by atoms with Crippen molar-refractivity contribution in [1.29, 1.82) is 0 Å². The molecule has 29 heavy (non-hydrogen) atoms. The first-order valence-corrected chi connectivity index (χ1v) is 9.47. The van der Waals surface area contributed by atoms with E-state index in [1.54, 1.807) is 12.4 Å². The molecule has 0 saturated carbocycles. The average molecular weight is 384 g/mol. The summed E-state index contributed by atoms with van der Waals surface area (Å²) in [6.45, 7) is 6.29. The first-order valence-electron chi connectivity index (χ1n) is 9.47. The fourth-order valence-corrected chi connectivity index (χ4v) is 3.60. The normalized spacial score (nSPS) is 11.6. The van der Waals surface area contributed by atoms with Crippen molar-refractivity contribution in [3.8, 4) is 11.3 Å². The highest BCUT2D eigenvalue weighted by Gasteiger charge is 2.15. The van der Waals surface area contributed by atoms with Gasteiger partial charge in [0.2, 0.25) is 5.95 Å². The van der Waals surface area contributed by atoms with Crippen molar-refractivity contribution in [3.63, 3.8) is 0 Å². The van der Waals surface area contributed by atoms with E-state index in [0.29, 0.717) is 5.95 Å². The first kappa shape index (κ1) is 17.3. The molecule has 0 fully saturated rings. The number of hydrogen-bond acceptors (Lipinski definition) is 6. The summed E-state index contributed by atoms with van der Waals surface area (Å²) in [4.78, 5) is 25.8. The van der Waals surface area contributed by atoms with Crippen LogP contribution >= 0.6 is 0 Å². The minimum absolute atomic E-state index is 0.288. The summed E-state index contributed by atoms with van der Waals surface area (Å²) >= 11 is 0. The van der Waals surface area contributed by atoms with E-state index in [-0.39, 0.29) is 6.04 Å². The van der Waals surface area contributed by atoms with E-state index < -0.39 is 0 Å². The smallest absolute Gasteiger partial charge is 0.229 e. The van der Waals surface area contributed by atoms with Gasteiger partial charge in [0, 0.05) is 47.5 Å². The number of rotatable bonds is 4. The molecule has 0 aliphatic rings. The van der Waals surface area contributed by atoms with Crippen molar-refractivity contribution in [2.24, 2.45) is 0 Å². The van der Waals surface area contributed by atoms with Crippen molar-refractivity contribution >= 4 is 33.8 Å². The zero-order chi connectivity index (χ0) is 20.0. The maximum absolute atomic E-state index is 4.90. The summed E-state index contributed by atoms with van der Waals surface area (Å²) in [5.41, 5.74) is 5.26. The molecule has 0 spiro atoms. The van der Waals surface area contributed by atoms with Gasteiger partial charge < -0.3 is 14.9 Å². The Kier molecular flexibility index (Phi) is 3.97. The Balaban J connectivity index is 1.56. The molecule has 0 unspecified atom stereocenters. The largest absolute Gasteiger partial charge is 0.345 e. The molecule has 5 aromatic rings. The zero-order valence-electron chi connectivity index (χ0n) is 16.4. The van der Waals surface area contributed by atoms with Crippen LogP contribution in [0.3, 0.4) is 0 Å². The van der Waals surface area contributed by atoms with E-state index >= 15 is 0 Å². The monoisotopic (exact) mass is 384 g/mol. The summed E-state index contributed by atoms with van der Waals surface area (Å²) in [6.07, 6.45) is 7.18. The number of pyridine rings is 2. The third-order valence-corrected chi connectivity index (χ3v) is 4.87. The van der Waals surface area contributed by atoms with Gasteiger partial charge in [0.1, 0.15) is 17.0 Å². The summed E-state index contributed by atoms with van der Waals surface area (Å²) < 4.78 is 2.15. The van der Waals surface area contributed by atoms with E-state index in [2.05, 4.69) is 48.7 Å². The molecule has 144 valence electrons. The van der Waals surface area contributed by atoms with Gasteiger partial charge in [0.15, 0.2) is 5.65 Å². The van der Waals surface area contributed by atoms with Crippen molar-refractivity contribution in [1.82, 2.24) is 34.5 Å². The van der Waals surface area contributed by atoms with Gasteiger partial charge in [-0.2, -0.15) is 4.98 Å². The topological polar surface area (TPSA) is 97.2 Å². The number of nitrogens with zero attached hydrogens (tertiary/aromatic N) is 6. The van der Waals surface area contributed by atoms with Crippen LogP contribution in [0.1, 0.15) is 25.7 Å². The van der Waals surface area contributed by atoms with Crippen molar-refractivity contribution < 1.29 is 0 Å². The van der Waals surface area contributed by atoms with Crippen LogP contribution in [0.25, 0.3) is 33.5 Å². The molecule has 0 amide bonds. The Labute approximate surface area is 167 Å². The van der Waals surface area contributed by atoms with Crippen LogP contribution in [0, 0.1) is 6.92 Å². The molecule has 8 heteroatoms. The van der Waals surface area contributed by atoms with E-state index in [4.69, 9.17) is 4.98 Å². The quantitative estimate of drug-likeness (QED) is 0.477. The van der Waals surface area contributed by atoms with Gasteiger partial charge in [-0.1, -0.05) is 0 Å². The predicted octanol–water partition coefficient (Wildman–Crippen LogP) is 4.40. The molecule has 0 radical (unpaired) electrons. The molecule has 5 rings (SSSR count). The second kappa shape index (κ2) is 6.66. The molecular weight excluding hydrogens is 364 g/mol. The molecule has 0 atom stereocenters. The third kappa shape index (κ3) is 2.98. The van der Waals surface area contributed by atoms with Gasteiger partial charge in [-0.3, -0.25) is 4.98 Å². The van der Waals surface area contributed by atoms with E-state index in [0.717, 1.165) is 45.0 Å². The number of aryl methyl sites for hydroxylation is 1. The maximum Gasteiger partial charge on any atom is 0.229 e. The lowest BCUT2D eigenvalue weighted by atomic mass is 10.1. The summed E-state index contributed by atoms with van der Waals surface area (Å²) in [6, 6.07) is 8.03. The molecule has 0 aromatic carbocycles. The average Bonchev–Trinajstić information content (AvgIpc) is 3.27. The van der Waals surface area contributed by atoms with Gasteiger partial charge in [0.05, 0.1) is 5.69 Å². The molecule has 0 saturated heterocycles. The Bertz CT molecular complexity index is 1320. The number of hydrogen-bond donors (Lipinski definition) is 2. The van der Waals surface area contributed by atoms with E-state index in [1.807, 2.05) is 43.6 Å². The SMILES string of the molecule is Cc1nc2ccc(-c3c[nH]c4nc(Nc5ccncc5)ncc34)nc2n1C(C)C. The highest BCUT2D eigenvalue weighted by molar-refractivity contribution is 5.93. The molecule has 0 aliphatic heterocycles. The number of H-pyrrole nitrogens is 1. The van der Waals surface area contributed by atoms with Crippen molar-refractivity contribution in [2.75, 3.05) is 5.32 Å². The van der Waals surface area contributed by atoms with Gasteiger partial charge in [-0.15, -0.1) is 0 Å². The highest BCUT2D eigenvalue weighted by atomic mass is 15.1. The van der Waals surface area contributed by atoms with Crippen LogP contribution in [-0.4, -0.2) is 34.5 Å². The Morgan fingerprint density at radius 2 is 1.86 bits per heavy atom. The van der Waals surface area contributed by atoms with Crippen LogP contribution in [0.5, 0.6) is 0 Å². The standard InChI is InChI=1S/C21H20N8/c1-12(2)29-13(3)25-18-5-4-17(27-20(18)29)15-10-23-19-16(15)11-24-21(28-19)26-14-6-8-22-9-7-14/h4-12H,1-3H3,(H2,22,23,24,26,28). The predicted molar refractivity (Wildman–Crippen MR) is 113 cm³/mol. The van der Waals surface area contributed by atoms with Gasteiger partial charge >= 0.3 is 0 Å². The fourth-order valence-electron chi connectivity index (χ4n) is 3.60. The number of nitrogens with one attached hydrogen (secondary N) is 2. The minimum Gasteiger partial charge on any atom is -0.345 e. The van der Waals surface area contributed by atoms with Gasteiger partial charge in [0.25, 0.3) is 0 Å². The summed E-state index contributed by atoms with van der Waals surface area (Å²) in [5, 5.41) is 4.10. The molecular formula is C21H20N8. The molecule has 2 N–H and O–H groups in total. The molecule has 0 aliphatic carbocycles. The van der Waals surface area contributed by atoms with Gasteiger partial charge in [-0.05, 0) is 45.0 Å².